The third-order valence-electron chi connectivity index (χ3n) is 7.36. The molecule has 2 atom stereocenters. The van der Waals surface area contributed by atoms with E-state index in [0.29, 0.717) is 23.2 Å². The molecular formula is C27H23F2NO3. The molecule has 4 nitrogen and oxygen atoms in total. The molecule has 1 spiro atoms. The summed E-state index contributed by atoms with van der Waals surface area (Å²) in [5.74, 6) is -1.91. The SMILES string of the molecule is CC(C)C1(c2ccc(F)cc2)CC12C(=O)N(Cc1cccc(C(=O)O)c1)c1ccc(F)cc12. The summed E-state index contributed by atoms with van der Waals surface area (Å²) in [5.41, 5.74) is 1.42. The van der Waals surface area contributed by atoms with Crippen molar-refractivity contribution in [1.29, 1.82) is 0 Å². The summed E-state index contributed by atoms with van der Waals surface area (Å²) in [5, 5.41) is 9.33. The minimum Gasteiger partial charge on any atom is -0.478 e. The van der Waals surface area contributed by atoms with Gasteiger partial charge < -0.3 is 10.0 Å². The van der Waals surface area contributed by atoms with Crippen LogP contribution in [0.4, 0.5) is 14.5 Å². The number of aromatic carboxylic acids is 1. The number of hydrogen-bond acceptors (Lipinski definition) is 2. The molecule has 168 valence electrons. The van der Waals surface area contributed by atoms with Gasteiger partial charge >= 0.3 is 5.97 Å². The number of nitrogens with zero attached hydrogens (tertiary/aromatic N) is 1. The first kappa shape index (κ1) is 21.3. The highest BCUT2D eigenvalue weighted by Gasteiger charge is 2.77. The van der Waals surface area contributed by atoms with Crippen molar-refractivity contribution in [3.8, 4) is 0 Å². The van der Waals surface area contributed by atoms with Crippen molar-refractivity contribution in [3.05, 3.63) is 101 Å². The van der Waals surface area contributed by atoms with Crippen molar-refractivity contribution in [2.24, 2.45) is 5.92 Å². The van der Waals surface area contributed by atoms with Crippen LogP contribution >= 0.6 is 0 Å². The zero-order chi connectivity index (χ0) is 23.5. The molecule has 2 aliphatic rings. The minimum atomic E-state index is -1.04. The summed E-state index contributed by atoms with van der Waals surface area (Å²) in [6, 6.07) is 17.1. The topological polar surface area (TPSA) is 57.6 Å². The first-order valence-electron chi connectivity index (χ1n) is 10.9. The van der Waals surface area contributed by atoms with E-state index >= 15 is 0 Å². The van der Waals surface area contributed by atoms with Crippen LogP contribution in [0.3, 0.4) is 0 Å². The van der Waals surface area contributed by atoms with Gasteiger partial charge in [0.25, 0.3) is 0 Å². The van der Waals surface area contributed by atoms with Crippen LogP contribution in [0.15, 0.2) is 66.7 Å². The van der Waals surface area contributed by atoms with Gasteiger partial charge in [0.15, 0.2) is 0 Å². The molecule has 1 saturated carbocycles. The van der Waals surface area contributed by atoms with Gasteiger partial charge in [0.05, 0.1) is 17.5 Å². The van der Waals surface area contributed by atoms with Gasteiger partial charge in [-0.05, 0) is 71.5 Å². The second kappa shape index (κ2) is 7.24. The monoisotopic (exact) mass is 447 g/mol. The van der Waals surface area contributed by atoms with Gasteiger partial charge in [-0.1, -0.05) is 38.1 Å². The highest BCUT2D eigenvalue weighted by Crippen LogP contribution is 2.73. The molecule has 0 radical (unpaired) electrons. The number of carboxylic acid groups (broad SMARTS) is 1. The highest BCUT2D eigenvalue weighted by atomic mass is 19.1. The Hall–Kier alpha value is -3.54. The number of halogens is 2. The Labute approximate surface area is 190 Å². The van der Waals surface area contributed by atoms with E-state index < -0.39 is 22.6 Å². The lowest BCUT2D eigenvalue weighted by molar-refractivity contribution is -0.121. The molecule has 1 N–H and O–H groups in total. The zero-order valence-electron chi connectivity index (χ0n) is 18.3. The minimum absolute atomic E-state index is 0.0401. The Morgan fingerprint density at radius 1 is 1.03 bits per heavy atom. The molecule has 1 aliphatic carbocycles. The summed E-state index contributed by atoms with van der Waals surface area (Å²) in [6.07, 6.45) is 0.504. The molecule has 6 heteroatoms. The molecule has 2 unspecified atom stereocenters. The number of carbonyl (C=O) groups excluding carboxylic acids is 1. The Balaban J connectivity index is 1.63. The Morgan fingerprint density at radius 3 is 2.39 bits per heavy atom. The highest BCUT2D eigenvalue weighted by molar-refractivity contribution is 6.12. The first-order valence-corrected chi connectivity index (χ1v) is 10.9. The van der Waals surface area contributed by atoms with Crippen LogP contribution in [0.25, 0.3) is 0 Å². The zero-order valence-corrected chi connectivity index (χ0v) is 18.3. The normalized spacial score (nSPS) is 23.3. The molecule has 1 fully saturated rings. The number of anilines is 1. The van der Waals surface area contributed by atoms with Crippen LogP contribution in [0.5, 0.6) is 0 Å². The van der Waals surface area contributed by atoms with Gasteiger partial charge in [0.1, 0.15) is 11.6 Å². The van der Waals surface area contributed by atoms with Gasteiger partial charge in [-0.15, -0.1) is 0 Å². The predicted octanol–water partition coefficient (Wildman–Crippen LogP) is 5.45. The Morgan fingerprint density at radius 2 is 1.73 bits per heavy atom. The van der Waals surface area contributed by atoms with E-state index in [2.05, 4.69) is 0 Å². The van der Waals surface area contributed by atoms with Crippen LogP contribution in [-0.2, 0) is 22.2 Å². The number of hydrogen-bond donors (Lipinski definition) is 1. The van der Waals surface area contributed by atoms with E-state index in [-0.39, 0.29) is 29.8 Å². The fourth-order valence-electron chi connectivity index (χ4n) is 5.78. The van der Waals surface area contributed by atoms with Gasteiger partial charge in [-0.25, -0.2) is 13.6 Å². The summed E-state index contributed by atoms with van der Waals surface area (Å²) in [7, 11) is 0. The van der Waals surface area contributed by atoms with Crippen LogP contribution in [0, 0.1) is 17.6 Å². The van der Waals surface area contributed by atoms with E-state index in [0.717, 1.165) is 5.56 Å². The lowest BCUT2D eigenvalue weighted by atomic mass is 9.75. The molecule has 1 heterocycles. The van der Waals surface area contributed by atoms with E-state index in [1.54, 1.807) is 41.3 Å². The lowest BCUT2D eigenvalue weighted by Crippen LogP contribution is -2.38. The maximum atomic E-state index is 14.4. The van der Waals surface area contributed by atoms with Crippen LogP contribution < -0.4 is 4.90 Å². The average Bonchev–Trinajstić information content (AvgIpc) is 3.45. The number of carbonyl (C=O) groups is 2. The summed E-state index contributed by atoms with van der Waals surface area (Å²) >= 11 is 0. The largest absolute Gasteiger partial charge is 0.478 e. The van der Waals surface area contributed by atoms with Gasteiger partial charge in [-0.3, -0.25) is 4.79 Å². The second-order valence-electron chi connectivity index (χ2n) is 9.27. The van der Waals surface area contributed by atoms with Crippen LogP contribution in [-0.4, -0.2) is 17.0 Å². The van der Waals surface area contributed by atoms with Gasteiger partial charge in [0, 0.05) is 11.1 Å². The van der Waals surface area contributed by atoms with Crippen molar-refractivity contribution in [1.82, 2.24) is 0 Å². The molecule has 3 aromatic carbocycles. The number of amides is 1. The third-order valence-corrected chi connectivity index (χ3v) is 7.36. The van der Waals surface area contributed by atoms with Crippen molar-refractivity contribution in [2.45, 2.75) is 37.6 Å². The van der Waals surface area contributed by atoms with Crippen LogP contribution in [0.2, 0.25) is 0 Å². The molecule has 5 rings (SSSR count). The number of rotatable bonds is 5. The van der Waals surface area contributed by atoms with Crippen molar-refractivity contribution in [2.75, 3.05) is 4.90 Å². The summed E-state index contributed by atoms with van der Waals surface area (Å²) in [4.78, 5) is 27.1. The quantitative estimate of drug-likeness (QED) is 0.566. The fraction of sp³-hybridized carbons (Fsp3) is 0.259. The van der Waals surface area contributed by atoms with Crippen molar-refractivity contribution >= 4 is 17.6 Å². The lowest BCUT2D eigenvalue weighted by Gasteiger charge is -2.27. The predicted molar refractivity (Wildman–Crippen MR) is 120 cm³/mol. The van der Waals surface area contributed by atoms with Crippen LogP contribution in [0.1, 0.15) is 47.3 Å². The number of fused-ring (bicyclic) bond motifs is 2. The van der Waals surface area contributed by atoms with E-state index in [4.69, 9.17) is 0 Å². The molecule has 1 amide bonds. The maximum absolute atomic E-state index is 14.4. The molecule has 1 aliphatic heterocycles. The Bertz CT molecular complexity index is 1290. The molecule has 3 aromatic rings. The molecule has 33 heavy (non-hydrogen) atoms. The summed E-state index contributed by atoms with van der Waals surface area (Å²) in [6.45, 7) is 4.24. The molecule has 0 aromatic heterocycles. The standard InChI is InChI=1S/C27H23F2NO3/c1-16(2)26(19-6-8-20(28)9-7-19)15-27(26)22-13-21(29)10-11-23(22)30(25(27)33)14-17-4-3-5-18(12-17)24(31)32/h3-13,16H,14-15H2,1-2H3,(H,31,32). The Kier molecular flexibility index (Phi) is 4.67. The summed E-state index contributed by atoms with van der Waals surface area (Å²) < 4.78 is 28.1. The first-order chi connectivity index (χ1) is 15.7. The fourth-order valence-corrected chi connectivity index (χ4v) is 5.78. The van der Waals surface area contributed by atoms with Crippen molar-refractivity contribution in [3.63, 3.8) is 0 Å². The van der Waals surface area contributed by atoms with E-state index in [1.807, 2.05) is 13.8 Å². The van der Waals surface area contributed by atoms with Crippen molar-refractivity contribution < 1.29 is 23.5 Å². The molecule has 0 saturated heterocycles. The van der Waals surface area contributed by atoms with E-state index in [1.165, 1.54) is 30.3 Å². The second-order valence-corrected chi connectivity index (χ2v) is 9.27. The van der Waals surface area contributed by atoms with E-state index in [9.17, 15) is 23.5 Å². The maximum Gasteiger partial charge on any atom is 0.335 e. The average molecular weight is 447 g/mol. The van der Waals surface area contributed by atoms with Gasteiger partial charge in [0.2, 0.25) is 5.91 Å². The number of carboxylic acids is 1. The molecule has 0 bridgehead atoms. The van der Waals surface area contributed by atoms with Gasteiger partial charge in [-0.2, -0.15) is 0 Å². The number of benzene rings is 3. The smallest absolute Gasteiger partial charge is 0.335 e. The third kappa shape index (κ3) is 2.93. The molecular weight excluding hydrogens is 424 g/mol.